The van der Waals surface area contributed by atoms with Crippen molar-refractivity contribution in [2.24, 2.45) is 0 Å². The van der Waals surface area contributed by atoms with Crippen molar-refractivity contribution in [1.29, 1.82) is 0 Å². The fourth-order valence-corrected chi connectivity index (χ4v) is 4.47. The topological polar surface area (TPSA) is 58.6 Å². The van der Waals surface area contributed by atoms with E-state index in [2.05, 4.69) is 21.2 Å². The number of carbonyl (C=O) groups is 2. The van der Waals surface area contributed by atoms with E-state index in [0.717, 1.165) is 26.9 Å². The number of hydrogen-bond donors (Lipinski definition) is 1. The Kier molecular flexibility index (Phi) is 6.37. The highest BCUT2D eigenvalue weighted by atomic mass is 79.9. The molecule has 1 N–H and O–H groups in total. The van der Waals surface area contributed by atoms with Crippen LogP contribution in [0.15, 0.2) is 77.3 Å². The summed E-state index contributed by atoms with van der Waals surface area (Å²) >= 11 is 3.50. The van der Waals surface area contributed by atoms with Crippen LogP contribution in [0.5, 0.6) is 5.75 Å². The van der Waals surface area contributed by atoms with Crippen molar-refractivity contribution in [3.8, 4) is 5.75 Å². The lowest BCUT2D eigenvalue weighted by atomic mass is 10.0. The molecule has 1 unspecified atom stereocenters. The molecule has 158 valence electrons. The van der Waals surface area contributed by atoms with Gasteiger partial charge in [0, 0.05) is 18.7 Å². The van der Waals surface area contributed by atoms with E-state index in [1.165, 1.54) is 0 Å². The molecule has 6 heteroatoms. The zero-order chi connectivity index (χ0) is 21.8. The van der Waals surface area contributed by atoms with Gasteiger partial charge in [0.2, 0.25) is 5.91 Å². The average molecular weight is 479 g/mol. The van der Waals surface area contributed by atoms with Crippen LogP contribution in [0.25, 0.3) is 0 Å². The summed E-state index contributed by atoms with van der Waals surface area (Å²) in [5, 5.41) is 3.00. The number of benzene rings is 3. The highest BCUT2D eigenvalue weighted by Crippen LogP contribution is 2.34. The van der Waals surface area contributed by atoms with E-state index in [0.29, 0.717) is 25.1 Å². The number of nitrogens with zero attached hydrogens (tertiary/aromatic N) is 1. The molecule has 0 saturated carbocycles. The van der Waals surface area contributed by atoms with Crippen molar-refractivity contribution >= 4 is 27.7 Å². The summed E-state index contributed by atoms with van der Waals surface area (Å²) in [5.41, 5.74) is 3.43. The molecule has 31 heavy (non-hydrogen) atoms. The van der Waals surface area contributed by atoms with Gasteiger partial charge in [0.15, 0.2) is 0 Å². The Hall–Kier alpha value is -3.12. The summed E-state index contributed by atoms with van der Waals surface area (Å²) in [5.74, 6) is 0.479. The van der Waals surface area contributed by atoms with Crippen LogP contribution in [0, 0.1) is 0 Å². The number of carbonyl (C=O) groups excluding carboxylic acids is 2. The van der Waals surface area contributed by atoms with Crippen LogP contribution >= 0.6 is 15.9 Å². The van der Waals surface area contributed by atoms with Gasteiger partial charge in [-0.15, -0.1) is 0 Å². The Balaban J connectivity index is 1.52. The van der Waals surface area contributed by atoms with Gasteiger partial charge in [0.25, 0.3) is 5.91 Å². The lowest BCUT2D eigenvalue weighted by molar-refractivity contribution is -0.125. The molecular formula is C25H23BrN2O3. The van der Waals surface area contributed by atoms with Crippen molar-refractivity contribution in [3.05, 3.63) is 99.5 Å². The van der Waals surface area contributed by atoms with Crippen LogP contribution in [-0.4, -0.2) is 30.4 Å². The van der Waals surface area contributed by atoms with Crippen LogP contribution in [-0.2, 0) is 17.8 Å². The normalized spacial score (nSPS) is 15.0. The maximum Gasteiger partial charge on any atom is 0.255 e. The van der Waals surface area contributed by atoms with Crippen molar-refractivity contribution in [1.82, 2.24) is 10.2 Å². The number of hydrogen-bond acceptors (Lipinski definition) is 3. The smallest absolute Gasteiger partial charge is 0.255 e. The fraction of sp³-hybridized carbons (Fsp3) is 0.200. The monoisotopic (exact) mass is 478 g/mol. The van der Waals surface area contributed by atoms with E-state index < -0.39 is 6.04 Å². The molecule has 0 radical (unpaired) electrons. The molecule has 0 bridgehead atoms. The minimum atomic E-state index is -0.630. The van der Waals surface area contributed by atoms with Crippen LogP contribution in [0.3, 0.4) is 0 Å². The lowest BCUT2D eigenvalue weighted by Crippen LogP contribution is -2.39. The molecule has 0 saturated heterocycles. The summed E-state index contributed by atoms with van der Waals surface area (Å²) in [6.07, 6.45) is 0.630. The predicted octanol–water partition coefficient (Wildman–Crippen LogP) is 4.51. The third-order valence-corrected chi connectivity index (χ3v) is 6.09. The third kappa shape index (κ3) is 4.49. The Morgan fingerprint density at radius 2 is 1.77 bits per heavy atom. The first kappa shape index (κ1) is 21.1. The number of nitrogens with one attached hydrogen (secondary N) is 1. The second-order valence-corrected chi connectivity index (χ2v) is 8.26. The van der Waals surface area contributed by atoms with Gasteiger partial charge in [-0.1, -0.05) is 54.6 Å². The molecule has 0 fully saturated rings. The molecular weight excluding hydrogens is 456 g/mol. The van der Waals surface area contributed by atoms with Gasteiger partial charge in [0.05, 0.1) is 11.6 Å². The van der Waals surface area contributed by atoms with Crippen molar-refractivity contribution < 1.29 is 14.3 Å². The summed E-state index contributed by atoms with van der Waals surface area (Å²) in [7, 11) is 1.62. The number of rotatable bonds is 7. The van der Waals surface area contributed by atoms with Crippen LogP contribution in [0.4, 0.5) is 0 Å². The second-order valence-electron chi connectivity index (χ2n) is 7.41. The molecule has 3 aromatic rings. The van der Waals surface area contributed by atoms with E-state index in [4.69, 9.17) is 4.74 Å². The maximum atomic E-state index is 13.2. The second kappa shape index (κ2) is 9.35. The molecule has 4 rings (SSSR count). The van der Waals surface area contributed by atoms with Crippen molar-refractivity contribution in [2.75, 3.05) is 13.7 Å². The Morgan fingerprint density at radius 3 is 2.52 bits per heavy atom. The third-order valence-electron chi connectivity index (χ3n) is 5.47. The number of fused-ring (bicyclic) bond motifs is 1. The SMILES string of the molecule is COc1ccc(CCN2C(=O)c3ccccc3C2C(=O)NCc2ccccc2)cc1Br. The van der Waals surface area contributed by atoms with E-state index in [9.17, 15) is 9.59 Å². The maximum absolute atomic E-state index is 13.2. The fourth-order valence-electron chi connectivity index (χ4n) is 3.88. The van der Waals surface area contributed by atoms with E-state index in [1.54, 1.807) is 18.1 Å². The number of halogens is 1. The van der Waals surface area contributed by atoms with Crippen LogP contribution in [0.2, 0.25) is 0 Å². The first-order valence-electron chi connectivity index (χ1n) is 10.1. The molecule has 2 amide bonds. The minimum Gasteiger partial charge on any atom is -0.496 e. The average Bonchev–Trinajstić information content (AvgIpc) is 3.08. The zero-order valence-corrected chi connectivity index (χ0v) is 18.8. The van der Waals surface area contributed by atoms with Gasteiger partial charge in [-0.3, -0.25) is 9.59 Å². The molecule has 0 spiro atoms. The molecule has 1 heterocycles. The Labute approximate surface area is 190 Å². The summed E-state index contributed by atoms with van der Waals surface area (Å²) < 4.78 is 6.15. The van der Waals surface area contributed by atoms with Gasteiger partial charge in [-0.05, 0) is 57.2 Å². The summed E-state index contributed by atoms with van der Waals surface area (Å²) in [6, 6.07) is 22.3. The molecule has 1 aliphatic rings. The van der Waals surface area contributed by atoms with E-state index in [-0.39, 0.29) is 11.8 Å². The van der Waals surface area contributed by atoms with E-state index in [1.807, 2.05) is 66.7 Å². The first-order chi connectivity index (χ1) is 15.1. The molecule has 1 aliphatic heterocycles. The Bertz CT molecular complexity index is 1100. The highest BCUT2D eigenvalue weighted by molar-refractivity contribution is 9.10. The van der Waals surface area contributed by atoms with E-state index >= 15 is 0 Å². The molecule has 0 aromatic heterocycles. The summed E-state index contributed by atoms with van der Waals surface area (Å²) in [4.78, 5) is 27.9. The van der Waals surface area contributed by atoms with Gasteiger partial charge >= 0.3 is 0 Å². The van der Waals surface area contributed by atoms with Gasteiger partial charge in [-0.25, -0.2) is 0 Å². The van der Waals surface area contributed by atoms with Crippen molar-refractivity contribution in [3.63, 3.8) is 0 Å². The summed E-state index contributed by atoms with van der Waals surface area (Å²) in [6.45, 7) is 0.863. The highest BCUT2D eigenvalue weighted by Gasteiger charge is 2.40. The van der Waals surface area contributed by atoms with Crippen LogP contribution in [0.1, 0.15) is 33.1 Å². The number of ether oxygens (including phenoxy) is 1. The lowest BCUT2D eigenvalue weighted by Gasteiger charge is -2.25. The molecule has 5 nitrogen and oxygen atoms in total. The van der Waals surface area contributed by atoms with Gasteiger partial charge in [-0.2, -0.15) is 0 Å². The number of methoxy groups -OCH3 is 1. The van der Waals surface area contributed by atoms with Crippen molar-refractivity contribution in [2.45, 2.75) is 19.0 Å². The number of amides is 2. The largest absolute Gasteiger partial charge is 0.496 e. The molecule has 1 atom stereocenters. The van der Waals surface area contributed by atoms with Gasteiger partial charge < -0.3 is 15.0 Å². The first-order valence-corrected chi connectivity index (χ1v) is 10.9. The zero-order valence-electron chi connectivity index (χ0n) is 17.2. The quantitative estimate of drug-likeness (QED) is 0.543. The predicted molar refractivity (Wildman–Crippen MR) is 123 cm³/mol. The molecule has 3 aromatic carbocycles. The van der Waals surface area contributed by atoms with Gasteiger partial charge in [0.1, 0.15) is 11.8 Å². The Morgan fingerprint density at radius 1 is 1.03 bits per heavy atom. The van der Waals surface area contributed by atoms with Crippen LogP contribution < -0.4 is 10.1 Å². The minimum absolute atomic E-state index is 0.108. The standard InChI is InChI=1S/C25H23BrN2O3/c1-31-22-12-11-17(15-21(22)26)13-14-28-23(19-9-5-6-10-20(19)25(28)30)24(29)27-16-18-7-3-2-4-8-18/h2-12,15,23H,13-14,16H2,1H3,(H,27,29). The molecule has 0 aliphatic carbocycles.